The van der Waals surface area contributed by atoms with Crippen LogP contribution in [0.5, 0.6) is 0 Å². The fraction of sp³-hybridized carbons (Fsp3) is 0.556. The van der Waals surface area contributed by atoms with Crippen LogP contribution in [0.4, 0.5) is 0 Å². The molecule has 130 valence electrons. The highest BCUT2D eigenvalue weighted by Crippen LogP contribution is 2.16. The monoisotopic (exact) mass is 329 g/mol. The van der Waals surface area contributed by atoms with Gasteiger partial charge in [0.2, 0.25) is 0 Å². The van der Waals surface area contributed by atoms with E-state index < -0.39 is 0 Å². The van der Waals surface area contributed by atoms with Crippen molar-refractivity contribution in [2.24, 2.45) is 5.92 Å². The number of fused-ring (bicyclic) bond motifs is 1. The molecule has 0 unspecified atom stereocenters. The van der Waals surface area contributed by atoms with E-state index in [-0.39, 0.29) is 5.91 Å². The van der Waals surface area contributed by atoms with E-state index in [2.05, 4.69) is 39.2 Å². The summed E-state index contributed by atoms with van der Waals surface area (Å²) in [6.45, 7) is 11.8. The predicted molar refractivity (Wildman–Crippen MR) is 96.1 cm³/mol. The van der Waals surface area contributed by atoms with Crippen molar-refractivity contribution >= 4 is 16.8 Å². The molecule has 0 bridgehead atoms. The van der Waals surface area contributed by atoms with Gasteiger partial charge in [-0.3, -0.25) is 9.89 Å². The third-order valence-electron chi connectivity index (χ3n) is 4.82. The third kappa shape index (κ3) is 3.94. The van der Waals surface area contributed by atoms with Crippen LogP contribution in [-0.2, 0) is 0 Å². The zero-order chi connectivity index (χ0) is 16.9. The molecular formula is C18H27N5O. The summed E-state index contributed by atoms with van der Waals surface area (Å²) in [6, 6.07) is 5.66. The van der Waals surface area contributed by atoms with Crippen molar-refractivity contribution < 1.29 is 4.79 Å². The zero-order valence-corrected chi connectivity index (χ0v) is 14.6. The van der Waals surface area contributed by atoms with E-state index in [0.29, 0.717) is 18.0 Å². The molecule has 1 aromatic heterocycles. The lowest BCUT2D eigenvalue weighted by molar-refractivity contribution is 0.0935. The Labute approximate surface area is 143 Å². The minimum absolute atomic E-state index is 0.0235. The highest BCUT2D eigenvalue weighted by atomic mass is 16.1. The first-order valence-electron chi connectivity index (χ1n) is 8.82. The maximum Gasteiger partial charge on any atom is 0.252 e. The molecule has 0 saturated carbocycles. The first-order chi connectivity index (χ1) is 11.7. The molecule has 3 rings (SSSR count). The summed E-state index contributed by atoms with van der Waals surface area (Å²) < 4.78 is 0. The van der Waals surface area contributed by atoms with Crippen LogP contribution in [0.2, 0.25) is 0 Å². The highest BCUT2D eigenvalue weighted by molar-refractivity contribution is 6.05. The Morgan fingerprint density at radius 3 is 2.79 bits per heavy atom. The molecule has 1 atom stereocenters. The molecule has 6 heteroatoms. The van der Waals surface area contributed by atoms with Gasteiger partial charge in [0, 0.05) is 44.7 Å². The number of aromatic amines is 1. The van der Waals surface area contributed by atoms with Gasteiger partial charge < -0.3 is 15.1 Å². The lowest BCUT2D eigenvalue weighted by atomic mass is 10.1. The Morgan fingerprint density at radius 2 is 2.04 bits per heavy atom. The molecule has 24 heavy (non-hydrogen) atoms. The average molecular weight is 329 g/mol. The number of carbonyl (C=O) groups excluding carboxylic acids is 1. The molecule has 1 fully saturated rings. The van der Waals surface area contributed by atoms with Crippen LogP contribution >= 0.6 is 0 Å². The topological polar surface area (TPSA) is 64.3 Å². The number of piperazine rings is 1. The van der Waals surface area contributed by atoms with E-state index in [1.165, 1.54) is 0 Å². The minimum Gasteiger partial charge on any atom is -0.352 e. The first kappa shape index (κ1) is 16.9. The summed E-state index contributed by atoms with van der Waals surface area (Å²) in [4.78, 5) is 17.4. The number of aromatic nitrogens is 2. The summed E-state index contributed by atoms with van der Waals surface area (Å²) in [5.41, 5.74) is 1.58. The van der Waals surface area contributed by atoms with Gasteiger partial charge in [0.05, 0.1) is 17.3 Å². The number of nitrogens with zero attached hydrogens (tertiary/aromatic N) is 3. The lowest BCUT2D eigenvalue weighted by Crippen LogP contribution is -2.48. The molecule has 1 aliphatic rings. The van der Waals surface area contributed by atoms with Gasteiger partial charge in [-0.25, -0.2) is 0 Å². The molecule has 0 radical (unpaired) electrons. The number of H-pyrrole nitrogens is 1. The lowest BCUT2D eigenvalue weighted by Gasteiger charge is -2.35. The second-order valence-corrected chi connectivity index (χ2v) is 6.69. The molecule has 1 aromatic carbocycles. The Hall–Kier alpha value is -1.92. The van der Waals surface area contributed by atoms with Crippen LogP contribution in [-0.4, -0.2) is 71.7 Å². The van der Waals surface area contributed by atoms with Crippen molar-refractivity contribution in [2.45, 2.75) is 13.8 Å². The van der Waals surface area contributed by atoms with Gasteiger partial charge in [0.25, 0.3) is 5.91 Å². The molecule has 2 heterocycles. The summed E-state index contributed by atoms with van der Waals surface area (Å²) in [5.74, 6) is 0.412. The minimum atomic E-state index is -0.0235. The maximum atomic E-state index is 12.5. The Bertz CT molecular complexity index is 675. The standard InChI is InChI=1S/C18H27N5O/c1-3-22-7-9-23(10-8-22)13-14(2)11-19-18(24)15-5-4-6-17-16(15)12-20-21-17/h4-6,12,14H,3,7-11,13H2,1-2H3,(H,19,24)(H,20,21)/t14-/m0/s1. The van der Waals surface area contributed by atoms with Crippen LogP contribution in [0, 0.1) is 5.92 Å². The molecule has 1 amide bonds. The van der Waals surface area contributed by atoms with E-state index in [1.54, 1.807) is 6.20 Å². The van der Waals surface area contributed by atoms with Crippen molar-refractivity contribution in [3.63, 3.8) is 0 Å². The van der Waals surface area contributed by atoms with Crippen molar-refractivity contribution in [2.75, 3.05) is 45.8 Å². The van der Waals surface area contributed by atoms with Gasteiger partial charge in [-0.2, -0.15) is 5.10 Å². The Balaban J connectivity index is 1.48. The van der Waals surface area contributed by atoms with E-state index >= 15 is 0 Å². The zero-order valence-electron chi connectivity index (χ0n) is 14.6. The highest BCUT2D eigenvalue weighted by Gasteiger charge is 2.18. The van der Waals surface area contributed by atoms with Gasteiger partial charge in [-0.15, -0.1) is 0 Å². The van der Waals surface area contributed by atoms with Crippen molar-refractivity contribution in [1.29, 1.82) is 0 Å². The predicted octanol–water partition coefficient (Wildman–Crippen LogP) is 1.57. The van der Waals surface area contributed by atoms with Crippen molar-refractivity contribution in [1.82, 2.24) is 25.3 Å². The molecule has 1 aliphatic heterocycles. The van der Waals surface area contributed by atoms with Crippen LogP contribution < -0.4 is 5.32 Å². The fourth-order valence-corrected chi connectivity index (χ4v) is 3.32. The smallest absolute Gasteiger partial charge is 0.252 e. The largest absolute Gasteiger partial charge is 0.352 e. The molecule has 0 spiro atoms. The summed E-state index contributed by atoms with van der Waals surface area (Å²) in [6.07, 6.45) is 1.71. The van der Waals surface area contributed by atoms with Crippen LogP contribution in [0.1, 0.15) is 24.2 Å². The average Bonchev–Trinajstić information content (AvgIpc) is 3.09. The summed E-state index contributed by atoms with van der Waals surface area (Å²) in [7, 11) is 0. The SMILES string of the molecule is CCN1CCN(C[C@@H](C)CNC(=O)c2cccc3[nH]ncc23)CC1. The quantitative estimate of drug-likeness (QED) is 0.844. The number of amides is 1. The van der Waals surface area contributed by atoms with E-state index in [4.69, 9.17) is 0 Å². The molecule has 2 N–H and O–H groups in total. The fourth-order valence-electron chi connectivity index (χ4n) is 3.32. The van der Waals surface area contributed by atoms with Crippen LogP contribution in [0.3, 0.4) is 0 Å². The molecule has 1 saturated heterocycles. The summed E-state index contributed by atoms with van der Waals surface area (Å²) in [5, 5.41) is 10.9. The van der Waals surface area contributed by atoms with Gasteiger partial charge in [-0.1, -0.05) is 19.9 Å². The third-order valence-corrected chi connectivity index (χ3v) is 4.82. The van der Waals surface area contributed by atoms with Crippen LogP contribution in [0.15, 0.2) is 24.4 Å². The number of nitrogens with one attached hydrogen (secondary N) is 2. The number of hydrogen-bond donors (Lipinski definition) is 2. The second-order valence-electron chi connectivity index (χ2n) is 6.69. The van der Waals surface area contributed by atoms with Gasteiger partial charge in [-0.05, 0) is 24.6 Å². The van der Waals surface area contributed by atoms with Crippen LogP contribution in [0.25, 0.3) is 10.9 Å². The first-order valence-corrected chi connectivity index (χ1v) is 8.82. The van der Waals surface area contributed by atoms with Gasteiger partial charge >= 0.3 is 0 Å². The second kappa shape index (κ2) is 7.77. The normalized spacial score (nSPS) is 17.9. The van der Waals surface area contributed by atoms with Crippen molar-refractivity contribution in [3.8, 4) is 0 Å². The number of likely N-dealkylation sites (N-methyl/N-ethyl adjacent to an activating group) is 1. The van der Waals surface area contributed by atoms with E-state index in [9.17, 15) is 4.79 Å². The van der Waals surface area contributed by atoms with E-state index in [0.717, 1.165) is 50.2 Å². The van der Waals surface area contributed by atoms with Gasteiger partial charge in [0.1, 0.15) is 0 Å². The number of rotatable bonds is 6. The van der Waals surface area contributed by atoms with E-state index in [1.807, 2.05) is 18.2 Å². The van der Waals surface area contributed by atoms with Gasteiger partial charge in [0.15, 0.2) is 0 Å². The number of hydrogen-bond acceptors (Lipinski definition) is 4. The maximum absolute atomic E-state index is 12.5. The Kier molecular flexibility index (Phi) is 5.48. The Morgan fingerprint density at radius 1 is 1.29 bits per heavy atom. The number of carbonyl (C=O) groups is 1. The molecule has 0 aliphatic carbocycles. The number of benzene rings is 1. The van der Waals surface area contributed by atoms with Crippen molar-refractivity contribution in [3.05, 3.63) is 30.0 Å². The molecule has 2 aromatic rings. The summed E-state index contributed by atoms with van der Waals surface area (Å²) >= 11 is 0. The molecule has 6 nitrogen and oxygen atoms in total. The molecular weight excluding hydrogens is 302 g/mol.